The van der Waals surface area contributed by atoms with Gasteiger partial charge in [-0.15, -0.1) is 0 Å². The second-order valence-corrected chi connectivity index (χ2v) is 4.96. The first-order chi connectivity index (χ1) is 8.33. The average Bonchev–Trinajstić information content (AvgIpc) is 2.74. The number of imidazole rings is 1. The molecular formula is C14H12N2S. The fraction of sp³-hybridized carbons (Fsp3) is 0.0714. The number of aromatic amines is 1. The number of rotatable bonds is 2. The number of hydrogen-bond donors (Lipinski definition) is 1. The van der Waals surface area contributed by atoms with Gasteiger partial charge in [0.2, 0.25) is 0 Å². The van der Waals surface area contributed by atoms with Crippen molar-refractivity contribution >= 4 is 22.8 Å². The number of fused-ring (bicyclic) bond motifs is 1. The molecule has 0 atom stereocenters. The summed E-state index contributed by atoms with van der Waals surface area (Å²) in [6, 6.07) is 16.4. The van der Waals surface area contributed by atoms with Crippen molar-refractivity contribution in [2.24, 2.45) is 0 Å². The van der Waals surface area contributed by atoms with Gasteiger partial charge in [0.15, 0.2) is 5.16 Å². The second-order valence-electron chi connectivity index (χ2n) is 3.93. The first-order valence-corrected chi connectivity index (χ1v) is 6.33. The van der Waals surface area contributed by atoms with Gasteiger partial charge in [0.25, 0.3) is 0 Å². The number of nitrogens with zero attached hydrogens (tertiary/aromatic N) is 1. The van der Waals surface area contributed by atoms with Crippen molar-refractivity contribution in [1.29, 1.82) is 0 Å². The number of aromatic nitrogens is 2. The maximum Gasteiger partial charge on any atom is 0.171 e. The van der Waals surface area contributed by atoms with Gasteiger partial charge in [0.1, 0.15) is 0 Å². The van der Waals surface area contributed by atoms with Crippen LogP contribution in [0.25, 0.3) is 11.0 Å². The molecule has 0 aliphatic rings. The Kier molecular flexibility index (Phi) is 2.61. The van der Waals surface area contributed by atoms with Gasteiger partial charge in [-0.1, -0.05) is 42.1 Å². The molecule has 0 amide bonds. The number of para-hydroxylation sites is 2. The van der Waals surface area contributed by atoms with Crippen molar-refractivity contribution in [1.82, 2.24) is 9.97 Å². The first kappa shape index (κ1) is 10.4. The SMILES string of the molecule is Cc1ccccc1Sc1nc2ccccc2[nH]1. The van der Waals surface area contributed by atoms with Crippen LogP contribution in [0.15, 0.2) is 58.6 Å². The molecular weight excluding hydrogens is 228 g/mol. The molecule has 2 nitrogen and oxygen atoms in total. The van der Waals surface area contributed by atoms with E-state index in [0.29, 0.717) is 0 Å². The first-order valence-electron chi connectivity index (χ1n) is 5.51. The molecule has 0 unspecified atom stereocenters. The van der Waals surface area contributed by atoms with E-state index >= 15 is 0 Å². The lowest BCUT2D eigenvalue weighted by molar-refractivity contribution is 1.08. The molecule has 0 bridgehead atoms. The third kappa shape index (κ3) is 2.06. The maximum atomic E-state index is 4.56. The third-order valence-electron chi connectivity index (χ3n) is 2.67. The Morgan fingerprint density at radius 1 is 1.00 bits per heavy atom. The summed E-state index contributed by atoms with van der Waals surface area (Å²) < 4.78 is 0. The molecule has 1 N–H and O–H groups in total. The van der Waals surface area contributed by atoms with E-state index in [9.17, 15) is 0 Å². The smallest absolute Gasteiger partial charge is 0.171 e. The molecule has 0 spiro atoms. The van der Waals surface area contributed by atoms with Crippen molar-refractivity contribution in [3.05, 3.63) is 54.1 Å². The minimum absolute atomic E-state index is 0.945. The number of benzene rings is 2. The largest absolute Gasteiger partial charge is 0.333 e. The van der Waals surface area contributed by atoms with Crippen LogP contribution in [0.3, 0.4) is 0 Å². The van der Waals surface area contributed by atoms with Gasteiger partial charge in [-0.25, -0.2) is 4.98 Å². The average molecular weight is 240 g/mol. The standard InChI is InChI=1S/C14H12N2S/c1-10-6-2-5-9-13(10)17-14-15-11-7-3-4-8-12(11)16-14/h2-9H,1H3,(H,15,16). The lowest BCUT2D eigenvalue weighted by Crippen LogP contribution is -1.79. The Balaban J connectivity index is 1.98. The molecule has 2 aromatic carbocycles. The van der Waals surface area contributed by atoms with Crippen LogP contribution in [0.5, 0.6) is 0 Å². The molecule has 3 aromatic rings. The lowest BCUT2D eigenvalue weighted by atomic mass is 10.2. The quantitative estimate of drug-likeness (QED) is 0.732. The Labute approximate surface area is 104 Å². The summed E-state index contributed by atoms with van der Waals surface area (Å²) in [5.74, 6) is 0. The number of aryl methyl sites for hydroxylation is 1. The molecule has 0 aliphatic heterocycles. The topological polar surface area (TPSA) is 28.7 Å². The summed E-state index contributed by atoms with van der Waals surface area (Å²) in [5, 5.41) is 0.945. The molecule has 0 saturated heterocycles. The summed E-state index contributed by atoms with van der Waals surface area (Å²) in [6.45, 7) is 2.12. The van der Waals surface area contributed by atoms with E-state index in [-0.39, 0.29) is 0 Å². The fourth-order valence-corrected chi connectivity index (χ4v) is 2.64. The van der Waals surface area contributed by atoms with E-state index < -0.39 is 0 Å². The minimum Gasteiger partial charge on any atom is -0.333 e. The number of nitrogens with one attached hydrogen (secondary N) is 1. The molecule has 0 saturated carbocycles. The molecule has 1 heterocycles. The van der Waals surface area contributed by atoms with Crippen LogP contribution in [0, 0.1) is 6.92 Å². The monoisotopic (exact) mass is 240 g/mol. The highest BCUT2D eigenvalue weighted by Gasteiger charge is 2.05. The van der Waals surface area contributed by atoms with Gasteiger partial charge in [-0.2, -0.15) is 0 Å². The summed E-state index contributed by atoms with van der Waals surface area (Å²) >= 11 is 1.67. The van der Waals surface area contributed by atoms with Crippen molar-refractivity contribution in [2.75, 3.05) is 0 Å². The number of hydrogen-bond acceptors (Lipinski definition) is 2. The fourth-order valence-electron chi connectivity index (χ4n) is 1.75. The summed E-state index contributed by atoms with van der Waals surface area (Å²) in [4.78, 5) is 9.12. The van der Waals surface area contributed by atoms with Gasteiger partial charge >= 0.3 is 0 Å². The third-order valence-corrected chi connectivity index (χ3v) is 3.73. The predicted octanol–water partition coefficient (Wildman–Crippen LogP) is 4.02. The zero-order valence-corrected chi connectivity index (χ0v) is 10.3. The van der Waals surface area contributed by atoms with E-state index in [1.165, 1.54) is 10.5 Å². The van der Waals surface area contributed by atoms with Gasteiger partial charge < -0.3 is 4.98 Å². The van der Waals surface area contributed by atoms with Gasteiger partial charge in [-0.05, 0) is 30.7 Å². The van der Waals surface area contributed by atoms with Crippen LogP contribution in [0.4, 0.5) is 0 Å². The van der Waals surface area contributed by atoms with E-state index in [4.69, 9.17) is 0 Å². The Morgan fingerprint density at radius 2 is 1.76 bits per heavy atom. The Bertz CT molecular complexity index is 625. The molecule has 84 valence electrons. The highest BCUT2D eigenvalue weighted by Crippen LogP contribution is 2.29. The van der Waals surface area contributed by atoms with E-state index in [1.54, 1.807) is 11.8 Å². The van der Waals surface area contributed by atoms with Gasteiger partial charge in [-0.3, -0.25) is 0 Å². The van der Waals surface area contributed by atoms with Gasteiger partial charge in [0, 0.05) is 4.90 Å². The van der Waals surface area contributed by atoms with Crippen molar-refractivity contribution in [3.8, 4) is 0 Å². The Morgan fingerprint density at radius 3 is 2.59 bits per heavy atom. The zero-order chi connectivity index (χ0) is 11.7. The van der Waals surface area contributed by atoms with Crippen LogP contribution in [-0.2, 0) is 0 Å². The lowest BCUT2D eigenvalue weighted by Gasteiger charge is -2.01. The van der Waals surface area contributed by atoms with Crippen molar-refractivity contribution in [3.63, 3.8) is 0 Å². The van der Waals surface area contributed by atoms with Crippen LogP contribution < -0.4 is 0 Å². The van der Waals surface area contributed by atoms with Crippen LogP contribution >= 0.6 is 11.8 Å². The molecule has 1 aromatic heterocycles. The molecule has 0 radical (unpaired) electrons. The van der Waals surface area contributed by atoms with E-state index in [2.05, 4.69) is 41.2 Å². The molecule has 0 fully saturated rings. The minimum atomic E-state index is 0.945. The predicted molar refractivity (Wildman–Crippen MR) is 71.4 cm³/mol. The zero-order valence-electron chi connectivity index (χ0n) is 9.47. The van der Waals surface area contributed by atoms with Gasteiger partial charge in [0.05, 0.1) is 11.0 Å². The highest BCUT2D eigenvalue weighted by molar-refractivity contribution is 7.99. The highest BCUT2D eigenvalue weighted by atomic mass is 32.2. The molecule has 0 aliphatic carbocycles. The molecule has 3 rings (SSSR count). The second kappa shape index (κ2) is 4.26. The van der Waals surface area contributed by atoms with Crippen molar-refractivity contribution in [2.45, 2.75) is 17.0 Å². The maximum absolute atomic E-state index is 4.56. The number of H-pyrrole nitrogens is 1. The van der Waals surface area contributed by atoms with Crippen LogP contribution in [-0.4, -0.2) is 9.97 Å². The summed E-state index contributed by atoms with van der Waals surface area (Å²) in [7, 11) is 0. The van der Waals surface area contributed by atoms with Crippen LogP contribution in [0.1, 0.15) is 5.56 Å². The summed E-state index contributed by atoms with van der Waals surface area (Å²) in [5.41, 5.74) is 3.38. The summed E-state index contributed by atoms with van der Waals surface area (Å²) in [6.07, 6.45) is 0. The van der Waals surface area contributed by atoms with E-state index in [0.717, 1.165) is 16.2 Å². The molecule has 3 heteroatoms. The van der Waals surface area contributed by atoms with E-state index in [1.807, 2.05) is 24.3 Å². The molecule has 17 heavy (non-hydrogen) atoms. The van der Waals surface area contributed by atoms with Crippen LogP contribution in [0.2, 0.25) is 0 Å². The van der Waals surface area contributed by atoms with Crippen molar-refractivity contribution < 1.29 is 0 Å². The Hall–Kier alpha value is -1.74. The normalized spacial score (nSPS) is 10.9.